The molecular formula is C39H27NO. The Balaban J connectivity index is 1.47. The third kappa shape index (κ3) is 3.80. The van der Waals surface area contributed by atoms with Gasteiger partial charge in [0.1, 0.15) is 11.2 Å². The molecule has 194 valence electrons. The van der Waals surface area contributed by atoms with E-state index in [4.69, 9.17) is 4.42 Å². The molecule has 0 aliphatic heterocycles. The van der Waals surface area contributed by atoms with Crippen LogP contribution in [0.3, 0.4) is 0 Å². The van der Waals surface area contributed by atoms with Crippen LogP contribution in [0.4, 0.5) is 17.1 Å². The van der Waals surface area contributed by atoms with E-state index in [1.165, 1.54) is 38.2 Å². The zero-order chi connectivity index (χ0) is 27.3. The molecule has 1 aromatic heterocycles. The van der Waals surface area contributed by atoms with Crippen LogP contribution in [0.15, 0.2) is 150 Å². The van der Waals surface area contributed by atoms with Crippen molar-refractivity contribution in [2.45, 2.75) is 6.92 Å². The molecule has 2 nitrogen and oxygen atoms in total. The van der Waals surface area contributed by atoms with E-state index in [1.54, 1.807) is 0 Å². The van der Waals surface area contributed by atoms with Gasteiger partial charge in [-0.15, -0.1) is 0 Å². The van der Waals surface area contributed by atoms with E-state index in [0.717, 1.165) is 39.0 Å². The number of fused-ring (bicyclic) bond motifs is 5. The zero-order valence-electron chi connectivity index (χ0n) is 22.7. The lowest BCUT2D eigenvalue weighted by Crippen LogP contribution is -2.12. The smallest absolute Gasteiger partial charge is 0.137 e. The topological polar surface area (TPSA) is 16.4 Å². The predicted octanol–water partition coefficient (Wildman–Crippen LogP) is 11.3. The van der Waals surface area contributed by atoms with Gasteiger partial charge >= 0.3 is 0 Å². The molecule has 0 spiro atoms. The summed E-state index contributed by atoms with van der Waals surface area (Å²) in [6, 6.07) is 52.0. The number of para-hydroxylation sites is 2. The first-order valence-corrected chi connectivity index (χ1v) is 14.0. The summed E-state index contributed by atoms with van der Waals surface area (Å²) in [4.78, 5) is 2.39. The third-order valence-electron chi connectivity index (χ3n) is 8.18. The monoisotopic (exact) mass is 525 g/mol. The molecule has 1 heterocycles. The average molecular weight is 526 g/mol. The van der Waals surface area contributed by atoms with Gasteiger partial charge in [-0.1, -0.05) is 109 Å². The van der Waals surface area contributed by atoms with E-state index in [1.807, 2.05) is 12.1 Å². The maximum Gasteiger partial charge on any atom is 0.137 e. The number of furan rings is 1. The third-order valence-corrected chi connectivity index (χ3v) is 8.18. The van der Waals surface area contributed by atoms with Crippen molar-refractivity contribution < 1.29 is 4.42 Å². The van der Waals surface area contributed by atoms with Crippen molar-refractivity contribution in [3.05, 3.63) is 151 Å². The summed E-state index contributed by atoms with van der Waals surface area (Å²) < 4.78 is 6.36. The van der Waals surface area contributed by atoms with Crippen LogP contribution in [0.2, 0.25) is 0 Å². The Labute approximate surface area is 238 Å². The molecule has 0 bridgehead atoms. The van der Waals surface area contributed by atoms with Gasteiger partial charge in [0, 0.05) is 33.8 Å². The van der Waals surface area contributed by atoms with Crippen molar-refractivity contribution in [3.63, 3.8) is 0 Å². The summed E-state index contributed by atoms with van der Waals surface area (Å²) in [5.74, 6) is 0. The molecule has 0 radical (unpaired) electrons. The largest absolute Gasteiger partial charge is 0.456 e. The molecule has 41 heavy (non-hydrogen) atoms. The first kappa shape index (κ1) is 23.5. The van der Waals surface area contributed by atoms with Crippen LogP contribution in [-0.2, 0) is 0 Å². The number of hydrogen-bond donors (Lipinski definition) is 0. The minimum atomic E-state index is 0.884. The van der Waals surface area contributed by atoms with Crippen molar-refractivity contribution in [3.8, 4) is 11.1 Å². The molecule has 8 aromatic rings. The van der Waals surface area contributed by atoms with Crippen LogP contribution >= 0.6 is 0 Å². The van der Waals surface area contributed by atoms with Gasteiger partial charge in [0.15, 0.2) is 0 Å². The van der Waals surface area contributed by atoms with Crippen LogP contribution in [-0.4, -0.2) is 0 Å². The van der Waals surface area contributed by atoms with Crippen molar-refractivity contribution >= 4 is 60.5 Å². The molecule has 0 unspecified atom stereocenters. The summed E-state index contributed by atoms with van der Waals surface area (Å²) in [6.45, 7) is 2.18. The molecule has 8 rings (SSSR count). The van der Waals surface area contributed by atoms with E-state index < -0.39 is 0 Å². The Morgan fingerprint density at radius 1 is 0.463 bits per heavy atom. The Kier molecular flexibility index (Phi) is 5.39. The van der Waals surface area contributed by atoms with Crippen molar-refractivity contribution in [2.75, 3.05) is 4.90 Å². The predicted molar refractivity (Wildman–Crippen MR) is 174 cm³/mol. The fourth-order valence-electron chi connectivity index (χ4n) is 6.25. The number of nitrogens with zero attached hydrogens (tertiary/aromatic N) is 1. The second-order valence-corrected chi connectivity index (χ2v) is 10.6. The Morgan fingerprint density at radius 3 is 1.98 bits per heavy atom. The lowest BCUT2D eigenvalue weighted by molar-refractivity contribution is 0.669. The lowest BCUT2D eigenvalue weighted by atomic mass is 9.91. The van der Waals surface area contributed by atoms with E-state index in [2.05, 4.69) is 145 Å². The van der Waals surface area contributed by atoms with Gasteiger partial charge in [-0.25, -0.2) is 0 Å². The van der Waals surface area contributed by atoms with Crippen LogP contribution in [0.1, 0.15) is 5.56 Å². The lowest BCUT2D eigenvalue weighted by Gasteiger charge is -2.30. The molecule has 0 aliphatic carbocycles. The van der Waals surface area contributed by atoms with E-state index in [-0.39, 0.29) is 0 Å². The SMILES string of the molecule is Cc1ccccc1N(c1ccc2c(c1)oc1ccccc12)c1ccc2ccccc2c1-c1cccc2ccccc12. The Morgan fingerprint density at radius 2 is 1.12 bits per heavy atom. The standard InChI is InChI=1S/C39H27NO/c1-26-11-2-8-19-35(26)40(29-22-23-33-32-17-7-9-20-37(32)41-38(33)25-29)36-24-21-28-13-4-6-16-31(28)39(36)34-18-10-14-27-12-3-5-15-30(27)34/h2-25H,1H3. The van der Waals surface area contributed by atoms with Gasteiger partial charge < -0.3 is 9.32 Å². The molecule has 0 fully saturated rings. The molecule has 0 amide bonds. The highest BCUT2D eigenvalue weighted by Gasteiger charge is 2.22. The molecular weight excluding hydrogens is 498 g/mol. The second-order valence-electron chi connectivity index (χ2n) is 10.6. The zero-order valence-corrected chi connectivity index (χ0v) is 22.7. The summed E-state index contributed by atoms with van der Waals surface area (Å²) in [7, 11) is 0. The minimum absolute atomic E-state index is 0.884. The number of aryl methyl sites for hydroxylation is 1. The first-order chi connectivity index (χ1) is 20.3. The molecule has 0 N–H and O–H groups in total. The molecule has 2 heteroatoms. The normalized spacial score (nSPS) is 11.5. The Bertz CT molecular complexity index is 2230. The van der Waals surface area contributed by atoms with Crippen molar-refractivity contribution in [1.82, 2.24) is 0 Å². The number of anilines is 3. The number of benzene rings is 7. The van der Waals surface area contributed by atoms with Crippen LogP contribution < -0.4 is 4.90 Å². The Hall–Kier alpha value is -5.34. The fraction of sp³-hybridized carbons (Fsp3) is 0.0256. The molecule has 7 aromatic carbocycles. The van der Waals surface area contributed by atoms with Gasteiger partial charge in [-0.2, -0.15) is 0 Å². The van der Waals surface area contributed by atoms with Crippen molar-refractivity contribution in [2.24, 2.45) is 0 Å². The maximum absolute atomic E-state index is 6.36. The minimum Gasteiger partial charge on any atom is -0.456 e. The molecule has 0 aliphatic rings. The van der Waals surface area contributed by atoms with Crippen LogP contribution in [0, 0.1) is 6.92 Å². The quantitative estimate of drug-likeness (QED) is 0.227. The second kappa shape index (κ2) is 9.39. The highest BCUT2D eigenvalue weighted by atomic mass is 16.3. The van der Waals surface area contributed by atoms with Gasteiger partial charge in [-0.3, -0.25) is 0 Å². The van der Waals surface area contributed by atoms with E-state index >= 15 is 0 Å². The summed E-state index contributed by atoms with van der Waals surface area (Å²) in [5.41, 5.74) is 8.76. The van der Waals surface area contributed by atoms with E-state index in [0.29, 0.717) is 0 Å². The fourth-order valence-corrected chi connectivity index (χ4v) is 6.25. The van der Waals surface area contributed by atoms with Gasteiger partial charge in [0.2, 0.25) is 0 Å². The molecule has 0 atom stereocenters. The number of hydrogen-bond acceptors (Lipinski definition) is 2. The van der Waals surface area contributed by atoms with Gasteiger partial charge in [0.05, 0.1) is 5.69 Å². The molecule has 0 saturated carbocycles. The summed E-state index contributed by atoms with van der Waals surface area (Å²) in [5, 5.41) is 7.18. The highest BCUT2D eigenvalue weighted by molar-refractivity contribution is 6.12. The van der Waals surface area contributed by atoms with Crippen LogP contribution in [0.5, 0.6) is 0 Å². The van der Waals surface area contributed by atoms with Crippen molar-refractivity contribution in [1.29, 1.82) is 0 Å². The average Bonchev–Trinajstić information content (AvgIpc) is 3.40. The first-order valence-electron chi connectivity index (χ1n) is 14.0. The maximum atomic E-state index is 6.36. The highest BCUT2D eigenvalue weighted by Crippen LogP contribution is 2.47. The molecule has 0 saturated heterocycles. The van der Waals surface area contributed by atoms with Gasteiger partial charge in [-0.05, 0) is 69.9 Å². The summed E-state index contributed by atoms with van der Waals surface area (Å²) >= 11 is 0. The number of rotatable bonds is 4. The summed E-state index contributed by atoms with van der Waals surface area (Å²) in [6.07, 6.45) is 0. The van der Waals surface area contributed by atoms with E-state index in [9.17, 15) is 0 Å². The van der Waals surface area contributed by atoms with Gasteiger partial charge in [0.25, 0.3) is 0 Å². The van der Waals surface area contributed by atoms with Crippen LogP contribution in [0.25, 0.3) is 54.6 Å².